The fourth-order valence-electron chi connectivity index (χ4n) is 4.23. The van der Waals surface area contributed by atoms with Crippen LogP contribution in [0.2, 0.25) is 0 Å². The Kier molecular flexibility index (Phi) is 5.89. The second-order valence-corrected chi connectivity index (χ2v) is 8.96. The largest absolute Gasteiger partial charge is 0.399 e. The zero-order chi connectivity index (χ0) is 26.3. The topological polar surface area (TPSA) is 110 Å². The first-order valence-electron chi connectivity index (χ1n) is 11.6. The summed E-state index contributed by atoms with van der Waals surface area (Å²) >= 11 is 0. The Hall–Kier alpha value is -5.04. The monoisotopic (exact) mass is 489 g/mol. The van der Waals surface area contributed by atoms with Crippen LogP contribution in [0.15, 0.2) is 84.9 Å². The zero-order valence-corrected chi connectivity index (χ0v) is 20.2. The van der Waals surface area contributed by atoms with E-state index in [1.54, 1.807) is 60.7 Å². The molecule has 3 amide bonds. The molecule has 4 aromatic carbocycles. The van der Waals surface area contributed by atoms with Crippen molar-refractivity contribution in [2.24, 2.45) is 0 Å². The molecule has 7 heteroatoms. The number of ketones is 1. The third-order valence-corrected chi connectivity index (χ3v) is 6.45. The lowest BCUT2D eigenvalue weighted by atomic mass is 9.99. The number of rotatable bonds is 5. The molecular formula is C30H23N3O4. The van der Waals surface area contributed by atoms with Crippen LogP contribution in [0.3, 0.4) is 0 Å². The third kappa shape index (κ3) is 4.38. The van der Waals surface area contributed by atoms with Gasteiger partial charge in [0.2, 0.25) is 0 Å². The predicted molar refractivity (Wildman–Crippen MR) is 142 cm³/mol. The van der Waals surface area contributed by atoms with Gasteiger partial charge in [-0.1, -0.05) is 24.3 Å². The van der Waals surface area contributed by atoms with Crippen LogP contribution >= 0.6 is 0 Å². The molecule has 0 radical (unpaired) electrons. The number of benzene rings is 4. The predicted octanol–water partition coefficient (Wildman–Crippen LogP) is 5.17. The van der Waals surface area contributed by atoms with Crippen molar-refractivity contribution in [3.8, 4) is 0 Å². The first-order chi connectivity index (χ1) is 17.7. The number of nitrogens with one attached hydrogen (secondary N) is 1. The zero-order valence-electron chi connectivity index (χ0n) is 20.2. The van der Waals surface area contributed by atoms with E-state index >= 15 is 0 Å². The quantitative estimate of drug-likeness (QED) is 0.228. The first-order valence-corrected chi connectivity index (χ1v) is 11.6. The normalized spacial score (nSPS) is 12.4. The van der Waals surface area contributed by atoms with Gasteiger partial charge in [-0.3, -0.25) is 19.2 Å². The molecule has 1 aliphatic heterocycles. The van der Waals surface area contributed by atoms with Gasteiger partial charge in [-0.2, -0.15) is 0 Å². The lowest BCUT2D eigenvalue weighted by Crippen LogP contribution is -2.29. The van der Waals surface area contributed by atoms with E-state index < -0.39 is 11.8 Å². The molecule has 0 fully saturated rings. The van der Waals surface area contributed by atoms with Crippen LogP contribution in [0.5, 0.6) is 0 Å². The summed E-state index contributed by atoms with van der Waals surface area (Å²) in [5.41, 5.74) is 10.7. The molecule has 182 valence electrons. The molecule has 0 saturated heterocycles. The lowest BCUT2D eigenvalue weighted by Gasteiger charge is -2.15. The summed E-state index contributed by atoms with van der Waals surface area (Å²) < 4.78 is 0. The Balaban J connectivity index is 1.40. The Morgan fingerprint density at radius 3 is 2.11 bits per heavy atom. The molecule has 3 N–H and O–H groups in total. The van der Waals surface area contributed by atoms with Crippen molar-refractivity contribution in [1.29, 1.82) is 0 Å². The minimum Gasteiger partial charge on any atom is -0.399 e. The highest BCUT2D eigenvalue weighted by atomic mass is 16.2. The number of anilines is 3. The third-order valence-electron chi connectivity index (χ3n) is 6.45. The Labute approximate surface area is 213 Å². The highest BCUT2D eigenvalue weighted by molar-refractivity contribution is 6.35. The molecule has 0 spiro atoms. The van der Waals surface area contributed by atoms with Crippen molar-refractivity contribution in [1.82, 2.24) is 0 Å². The summed E-state index contributed by atoms with van der Waals surface area (Å²) in [6.07, 6.45) is 0. The molecular weight excluding hydrogens is 466 g/mol. The number of imide groups is 1. The fourth-order valence-corrected chi connectivity index (χ4v) is 4.23. The number of aryl methyl sites for hydroxylation is 2. The maximum Gasteiger partial charge on any atom is 0.266 e. The van der Waals surface area contributed by atoms with Crippen molar-refractivity contribution in [3.05, 3.63) is 124 Å². The number of nitrogens with two attached hydrogens (primary N) is 1. The molecule has 1 aliphatic rings. The average molecular weight is 490 g/mol. The van der Waals surface area contributed by atoms with Gasteiger partial charge in [0.05, 0.1) is 16.8 Å². The molecule has 0 unspecified atom stereocenters. The lowest BCUT2D eigenvalue weighted by molar-refractivity contribution is 0.0923. The average Bonchev–Trinajstić information content (AvgIpc) is 3.14. The van der Waals surface area contributed by atoms with Gasteiger partial charge < -0.3 is 11.1 Å². The van der Waals surface area contributed by atoms with Crippen molar-refractivity contribution in [2.45, 2.75) is 13.8 Å². The highest BCUT2D eigenvalue weighted by Crippen LogP contribution is 2.31. The number of nitrogen functional groups attached to an aromatic ring is 1. The number of carbonyl (C=O) groups excluding carboxylic acids is 4. The maximum absolute atomic E-state index is 13.3. The van der Waals surface area contributed by atoms with E-state index in [1.807, 2.05) is 26.0 Å². The summed E-state index contributed by atoms with van der Waals surface area (Å²) in [4.78, 5) is 53.2. The van der Waals surface area contributed by atoms with Crippen LogP contribution in [-0.2, 0) is 0 Å². The molecule has 0 atom stereocenters. The number of nitrogens with zero attached hydrogens (tertiary/aromatic N) is 1. The van der Waals surface area contributed by atoms with Gasteiger partial charge in [0, 0.05) is 28.1 Å². The summed E-state index contributed by atoms with van der Waals surface area (Å²) in [6, 6.07) is 22.9. The minimum absolute atomic E-state index is 0.172. The number of amides is 3. The Morgan fingerprint density at radius 2 is 1.38 bits per heavy atom. The van der Waals surface area contributed by atoms with Crippen LogP contribution in [0, 0.1) is 13.8 Å². The molecule has 0 aliphatic carbocycles. The van der Waals surface area contributed by atoms with E-state index in [2.05, 4.69) is 5.32 Å². The molecule has 4 aromatic rings. The fraction of sp³-hybridized carbons (Fsp3) is 0.0667. The van der Waals surface area contributed by atoms with Gasteiger partial charge in [0.15, 0.2) is 5.78 Å². The Morgan fingerprint density at radius 1 is 0.703 bits per heavy atom. The molecule has 0 aromatic heterocycles. The number of fused-ring (bicyclic) bond motifs is 1. The number of hydrogen-bond donors (Lipinski definition) is 2. The van der Waals surface area contributed by atoms with Crippen LogP contribution in [0.1, 0.15) is 58.1 Å². The number of carbonyl (C=O) groups is 4. The van der Waals surface area contributed by atoms with Crippen molar-refractivity contribution >= 4 is 40.6 Å². The van der Waals surface area contributed by atoms with Gasteiger partial charge in [-0.05, 0) is 85.6 Å². The van der Waals surface area contributed by atoms with E-state index in [1.165, 1.54) is 12.1 Å². The molecule has 1 heterocycles. The molecule has 5 rings (SSSR count). The van der Waals surface area contributed by atoms with Crippen LogP contribution in [0.4, 0.5) is 17.1 Å². The van der Waals surface area contributed by atoms with Gasteiger partial charge >= 0.3 is 0 Å². The summed E-state index contributed by atoms with van der Waals surface area (Å²) in [5, 5.41) is 2.74. The SMILES string of the molecule is Cc1ccc(C(=O)c2cccc(N3C(=O)c4ccc(NC(=O)c5ccc(N)cc5)cc4C3=O)c2)cc1C. The van der Waals surface area contributed by atoms with Gasteiger partial charge in [-0.25, -0.2) is 4.90 Å². The standard InChI is InChI=1S/C30H23N3O4/c1-17-6-7-21(14-18(17)2)27(34)20-4-3-5-24(15-20)33-29(36)25-13-12-23(16-26(25)30(33)37)32-28(35)19-8-10-22(31)11-9-19/h3-16H,31H2,1-2H3,(H,32,35). The van der Waals surface area contributed by atoms with Crippen molar-refractivity contribution < 1.29 is 19.2 Å². The minimum atomic E-state index is -0.528. The van der Waals surface area contributed by atoms with E-state index in [0.717, 1.165) is 16.0 Å². The first kappa shape index (κ1) is 23.7. The van der Waals surface area contributed by atoms with E-state index in [4.69, 9.17) is 5.73 Å². The number of hydrogen-bond acceptors (Lipinski definition) is 5. The van der Waals surface area contributed by atoms with Gasteiger partial charge in [0.25, 0.3) is 17.7 Å². The van der Waals surface area contributed by atoms with E-state index in [0.29, 0.717) is 33.8 Å². The van der Waals surface area contributed by atoms with Crippen LogP contribution in [-0.4, -0.2) is 23.5 Å². The molecule has 0 saturated carbocycles. The highest BCUT2D eigenvalue weighted by Gasteiger charge is 2.37. The van der Waals surface area contributed by atoms with Crippen molar-refractivity contribution in [3.63, 3.8) is 0 Å². The maximum atomic E-state index is 13.3. The van der Waals surface area contributed by atoms with E-state index in [-0.39, 0.29) is 22.8 Å². The second-order valence-electron chi connectivity index (χ2n) is 8.96. The Bertz CT molecular complexity index is 1610. The molecule has 37 heavy (non-hydrogen) atoms. The van der Waals surface area contributed by atoms with Crippen LogP contribution in [0.25, 0.3) is 0 Å². The van der Waals surface area contributed by atoms with Gasteiger partial charge in [0.1, 0.15) is 0 Å². The smallest absolute Gasteiger partial charge is 0.266 e. The van der Waals surface area contributed by atoms with E-state index in [9.17, 15) is 19.2 Å². The van der Waals surface area contributed by atoms with Crippen LogP contribution < -0.4 is 16.0 Å². The van der Waals surface area contributed by atoms with Crippen molar-refractivity contribution in [2.75, 3.05) is 16.0 Å². The van der Waals surface area contributed by atoms with Gasteiger partial charge in [-0.15, -0.1) is 0 Å². The summed E-state index contributed by atoms with van der Waals surface area (Å²) in [7, 11) is 0. The summed E-state index contributed by atoms with van der Waals surface area (Å²) in [6.45, 7) is 3.91. The molecule has 0 bridgehead atoms. The summed E-state index contributed by atoms with van der Waals surface area (Å²) in [5.74, 6) is -1.59. The molecule has 7 nitrogen and oxygen atoms in total. The second kappa shape index (κ2) is 9.20.